The molecule has 0 amide bonds. The minimum Gasteiger partial charge on any atom is -0.760 e. The van der Waals surface area contributed by atoms with Crippen LogP contribution in [0.2, 0.25) is 0 Å². The Bertz CT molecular complexity index is 158. The average molecular weight is 146 g/mol. The zero-order valence-corrected chi connectivity index (χ0v) is 6.12. The molecule has 2 unspecified atom stereocenters. The van der Waals surface area contributed by atoms with E-state index in [9.17, 15) is 8.76 Å². The third-order valence-corrected chi connectivity index (χ3v) is 1.18. The van der Waals surface area contributed by atoms with Gasteiger partial charge in [0.2, 0.25) is 0 Å². The largest absolute Gasteiger partial charge is 0.760 e. The molecule has 9 heavy (non-hydrogen) atoms. The molecular weight excluding hydrogens is 138 g/mol. The molecule has 0 aliphatic carbocycles. The first-order valence-electron chi connectivity index (χ1n) is 2.44. The van der Waals surface area contributed by atoms with Crippen molar-refractivity contribution in [1.82, 2.24) is 4.72 Å². The zero-order valence-electron chi connectivity index (χ0n) is 5.30. The van der Waals surface area contributed by atoms with Crippen molar-refractivity contribution in [3.8, 4) is 11.8 Å². The first kappa shape index (κ1) is 8.63. The summed E-state index contributed by atoms with van der Waals surface area (Å²) in [6.45, 7) is 3.33. The highest BCUT2D eigenvalue weighted by Gasteiger charge is 1.90. The van der Waals surface area contributed by atoms with Gasteiger partial charge in [0, 0.05) is 11.3 Å². The van der Waals surface area contributed by atoms with Crippen LogP contribution in [0.1, 0.15) is 13.8 Å². The predicted molar refractivity (Wildman–Crippen MR) is 35.0 cm³/mol. The summed E-state index contributed by atoms with van der Waals surface area (Å²) in [7, 11) is 0. The number of hydrogen-bond acceptors (Lipinski definition) is 2. The summed E-state index contributed by atoms with van der Waals surface area (Å²) in [5.41, 5.74) is 0. The zero-order chi connectivity index (χ0) is 7.28. The van der Waals surface area contributed by atoms with Crippen LogP contribution in [0.25, 0.3) is 0 Å². The molecule has 0 rings (SSSR count). The summed E-state index contributed by atoms with van der Waals surface area (Å²) >= 11 is -2.20. The van der Waals surface area contributed by atoms with E-state index in [2.05, 4.69) is 16.6 Å². The molecule has 0 radical (unpaired) electrons. The Labute approximate surface area is 57.3 Å². The lowest BCUT2D eigenvalue weighted by atomic mass is 10.4. The minimum absolute atomic E-state index is 0.284. The van der Waals surface area contributed by atoms with Gasteiger partial charge in [-0.1, -0.05) is 5.92 Å². The van der Waals surface area contributed by atoms with Crippen molar-refractivity contribution < 1.29 is 8.76 Å². The smallest absolute Gasteiger partial charge is 0.0766 e. The van der Waals surface area contributed by atoms with Gasteiger partial charge in [-0.15, -0.1) is 5.92 Å². The molecule has 0 fully saturated rings. The minimum atomic E-state index is -2.20. The van der Waals surface area contributed by atoms with E-state index in [4.69, 9.17) is 0 Å². The maximum atomic E-state index is 9.91. The van der Waals surface area contributed by atoms with Crippen LogP contribution in [-0.2, 0) is 11.3 Å². The molecule has 2 atom stereocenters. The van der Waals surface area contributed by atoms with Crippen LogP contribution < -0.4 is 4.72 Å². The molecular formula is C5H8NO2S-. The predicted octanol–water partition coefficient (Wildman–Crippen LogP) is -0.218. The SMILES string of the molecule is CC#CC(C)NS(=O)[O-]. The Balaban J connectivity index is 3.59. The second-order valence-electron chi connectivity index (χ2n) is 1.47. The second kappa shape index (κ2) is 4.50. The van der Waals surface area contributed by atoms with E-state index in [1.807, 2.05) is 0 Å². The molecule has 0 spiro atoms. The van der Waals surface area contributed by atoms with Gasteiger partial charge in [-0.05, 0) is 13.8 Å². The summed E-state index contributed by atoms with van der Waals surface area (Å²) in [4.78, 5) is 0. The van der Waals surface area contributed by atoms with Gasteiger partial charge in [0.15, 0.2) is 0 Å². The lowest BCUT2D eigenvalue weighted by molar-refractivity contribution is 0.519. The Hall–Kier alpha value is -0.370. The van der Waals surface area contributed by atoms with Crippen LogP contribution >= 0.6 is 0 Å². The highest BCUT2D eigenvalue weighted by molar-refractivity contribution is 7.77. The van der Waals surface area contributed by atoms with Crippen molar-refractivity contribution in [3.05, 3.63) is 0 Å². The normalized spacial score (nSPS) is 15.4. The molecule has 0 aromatic carbocycles. The third-order valence-electron chi connectivity index (χ3n) is 0.634. The van der Waals surface area contributed by atoms with Gasteiger partial charge in [-0.25, -0.2) is 4.72 Å². The van der Waals surface area contributed by atoms with E-state index in [1.54, 1.807) is 13.8 Å². The summed E-state index contributed by atoms with van der Waals surface area (Å²) in [6.07, 6.45) is 0. The number of nitrogens with one attached hydrogen (secondary N) is 1. The molecule has 0 aliphatic heterocycles. The number of hydrogen-bond donors (Lipinski definition) is 1. The topological polar surface area (TPSA) is 52.2 Å². The van der Waals surface area contributed by atoms with Crippen molar-refractivity contribution in [3.63, 3.8) is 0 Å². The molecule has 0 saturated carbocycles. The fourth-order valence-corrected chi connectivity index (χ4v) is 0.738. The van der Waals surface area contributed by atoms with Gasteiger partial charge in [-0.2, -0.15) is 0 Å². The van der Waals surface area contributed by atoms with Crippen LogP contribution in [0.5, 0.6) is 0 Å². The molecule has 0 heterocycles. The third kappa shape index (κ3) is 5.50. The molecule has 0 bridgehead atoms. The molecule has 0 aromatic heterocycles. The first-order chi connectivity index (χ1) is 4.16. The van der Waals surface area contributed by atoms with Crippen LogP contribution in [-0.4, -0.2) is 14.8 Å². The van der Waals surface area contributed by atoms with Crippen molar-refractivity contribution in [1.29, 1.82) is 0 Å². The Kier molecular flexibility index (Phi) is 4.32. The van der Waals surface area contributed by atoms with E-state index in [0.717, 1.165) is 0 Å². The van der Waals surface area contributed by atoms with Crippen LogP contribution in [0.4, 0.5) is 0 Å². The highest BCUT2D eigenvalue weighted by Crippen LogP contribution is 1.76. The monoisotopic (exact) mass is 146 g/mol. The van der Waals surface area contributed by atoms with Crippen LogP contribution in [0, 0.1) is 11.8 Å². The fraction of sp³-hybridized carbons (Fsp3) is 0.600. The average Bonchev–Trinajstić information content (AvgIpc) is 1.63. The van der Waals surface area contributed by atoms with E-state index in [0.29, 0.717) is 0 Å². The molecule has 0 aromatic rings. The molecule has 0 aliphatic rings. The molecule has 52 valence electrons. The summed E-state index contributed by atoms with van der Waals surface area (Å²) in [5.74, 6) is 5.21. The van der Waals surface area contributed by atoms with Crippen molar-refractivity contribution in [2.24, 2.45) is 0 Å². The molecule has 3 nitrogen and oxygen atoms in total. The van der Waals surface area contributed by atoms with Crippen LogP contribution in [0.15, 0.2) is 0 Å². The summed E-state index contributed by atoms with van der Waals surface area (Å²) in [5, 5.41) is 0. The lowest BCUT2D eigenvalue weighted by Gasteiger charge is -2.08. The van der Waals surface area contributed by atoms with E-state index in [1.165, 1.54) is 0 Å². The molecule has 0 saturated heterocycles. The highest BCUT2D eigenvalue weighted by atomic mass is 32.2. The quantitative estimate of drug-likeness (QED) is 0.432. The van der Waals surface area contributed by atoms with Gasteiger partial charge in [-0.3, -0.25) is 4.21 Å². The van der Waals surface area contributed by atoms with Crippen LogP contribution in [0.3, 0.4) is 0 Å². The van der Waals surface area contributed by atoms with Gasteiger partial charge < -0.3 is 4.55 Å². The van der Waals surface area contributed by atoms with Gasteiger partial charge >= 0.3 is 0 Å². The summed E-state index contributed by atoms with van der Waals surface area (Å²) < 4.78 is 22.0. The fourth-order valence-electron chi connectivity index (χ4n) is 0.390. The van der Waals surface area contributed by atoms with Gasteiger partial charge in [0.05, 0.1) is 6.04 Å². The Morgan fingerprint density at radius 1 is 1.78 bits per heavy atom. The second-order valence-corrected chi connectivity index (χ2v) is 2.17. The lowest BCUT2D eigenvalue weighted by Crippen LogP contribution is -2.25. The number of rotatable bonds is 2. The van der Waals surface area contributed by atoms with E-state index >= 15 is 0 Å². The molecule has 4 heteroatoms. The Morgan fingerprint density at radius 2 is 2.33 bits per heavy atom. The molecule has 1 N–H and O–H groups in total. The maximum Gasteiger partial charge on any atom is 0.0766 e. The van der Waals surface area contributed by atoms with Crippen molar-refractivity contribution in [2.75, 3.05) is 0 Å². The van der Waals surface area contributed by atoms with E-state index < -0.39 is 11.3 Å². The van der Waals surface area contributed by atoms with Gasteiger partial charge in [0.1, 0.15) is 0 Å². The standard InChI is InChI=1S/C5H9NO2S/c1-3-4-5(2)6-9(7)8/h5-6H,1-2H3,(H,7,8)/p-1. The summed E-state index contributed by atoms with van der Waals surface area (Å²) in [6, 6.07) is -0.284. The maximum absolute atomic E-state index is 9.91. The van der Waals surface area contributed by atoms with E-state index in [-0.39, 0.29) is 6.04 Å². The van der Waals surface area contributed by atoms with Gasteiger partial charge in [0.25, 0.3) is 0 Å². The Morgan fingerprint density at radius 3 is 2.67 bits per heavy atom. The van der Waals surface area contributed by atoms with Crippen molar-refractivity contribution in [2.45, 2.75) is 19.9 Å². The first-order valence-corrected chi connectivity index (χ1v) is 3.52. The van der Waals surface area contributed by atoms with Crippen molar-refractivity contribution >= 4 is 11.3 Å².